The second-order valence-electron chi connectivity index (χ2n) is 6.57. The largest absolute Gasteiger partial charge is 0.455 e. The molecular weight excluding hydrogens is 426 g/mol. The van der Waals surface area contributed by atoms with Gasteiger partial charge in [0.2, 0.25) is 0 Å². The summed E-state index contributed by atoms with van der Waals surface area (Å²) in [6.45, 7) is 1.76. The van der Waals surface area contributed by atoms with E-state index >= 15 is 0 Å². The molecule has 142 valence electrons. The number of nitrogens with one attached hydrogen (secondary N) is 1. The van der Waals surface area contributed by atoms with Crippen LogP contribution in [0.5, 0.6) is 0 Å². The van der Waals surface area contributed by atoms with E-state index in [9.17, 15) is 9.59 Å². The average molecular weight is 448 g/mol. The minimum Gasteiger partial charge on any atom is -0.455 e. The van der Waals surface area contributed by atoms with Crippen LogP contribution in [0.25, 0.3) is 0 Å². The molecule has 1 aliphatic rings. The number of rotatable bonds is 6. The van der Waals surface area contributed by atoms with E-state index in [0.717, 1.165) is 34.2 Å². The Kier molecular flexibility index (Phi) is 6.96. The number of halogens is 1. The van der Waals surface area contributed by atoms with Crippen molar-refractivity contribution in [3.05, 3.63) is 63.6 Å². The third-order valence-corrected chi connectivity index (χ3v) is 6.19. The molecule has 1 amide bonds. The van der Waals surface area contributed by atoms with Gasteiger partial charge in [0.15, 0.2) is 6.61 Å². The summed E-state index contributed by atoms with van der Waals surface area (Å²) in [6.07, 6.45) is 3.00. The Labute approximate surface area is 172 Å². The van der Waals surface area contributed by atoms with Crippen molar-refractivity contribution < 1.29 is 14.3 Å². The van der Waals surface area contributed by atoms with Gasteiger partial charge >= 0.3 is 5.97 Å². The van der Waals surface area contributed by atoms with Gasteiger partial charge < -0.3 is 10.1 Å². The summed E-state index contributed by atoms with van der Waals surface area (Å²) in [4.78, 5) is 25.2. The van der Waals surface area contributed by atoms with E-state index in [-0.39, 0.29) is 30.3 Å². The van der Waals surface area contributed by atoms with Crippen LogP contribution in [0.15, 0.2) is 51.8 Å². The zero-order valence-corrected chi connectivity index (χ0v) is 17.6. The molecule has 27 heavy (non-hydrogen) atoms. The SMILES string of the molecule is Cc1cc(Br)ccc1SCC(=O)OCC(=O)N[C@H]1CCCc2ccccc21. The summed E-state index contributed by atoms with van der Waals surface area (Å²) in [7, 11) is 0. The molecule has 0 fully saturated rings. The molecule has 0 unspecified atom stereocenters. The van der Waals surface area contributed by atoms with Crippen molar-refractivity contribution in [2.45, 2.75) is 37.1 Å². The third-order valence-electron chi connectivity index (χ3n) is 4.55. The van der Waals surface area contributed by atoms with Crippen molar-refractivity contribution >= 4 is 39.6 Å². The number of hydrogen-bond donors (Lipinski definition) is 1. The third kappa shape index (κ3) is 5.59. The van der Waals surface area contributed by atoms with Gasteiger partial charge in [-0.25, -0.2) is 0 Å². The van der Waals surface area contributed by atoms with Gasteiger partial charge in [-0.1, -0.05) is 40.2 Å². The van der Waals surface area contributed by atoms with Crippen molar-refractivity contribution in [1.82, 2.24) is 5.32 Å². The summed E-state index contributed by atoms with van der Waals surface area (Å²) < 4.78 is 6.14. The Bertz CT molecular complexity index is 840. The second-order valence-corrected chi connectivity index (χ2v) is 8.50. The van der Waals surface area contributed by atoms with E-state index in [1.807, 2.05) is 37.3 Å². The lowest BCUT2D eigenvalue weighted by Gasteiger charge is -2.26. The Morgan fingerprint density at radius 3 is 2.89 bits per heavy atom. The molecule has 2 aromatic rings. The first-order valence-electron chi connectivity index (χ1n) is 8.94. The Hall–Kier alpha value is -1.79. The first-order chi connectivity index (χ1) is 13.0. The monoisotopic (exact) mass is 447 g/mol. The van der Waals surface area contributed by atoms with Crippen molar-refractivity contribution in [1.29, 1.82) is 0 Å². The lowest BCUT2D eigenvalue weighted by molar-refractivity contribution is -0.146. The van der Waals surface area contributed by atoms with Crippen LogP contribution < -0.4 is 5.32 Å². The first-order valence-corrected chi connectivity index (χ1v) is 10.7. The Balaban J connectivity index is 1.45. The molecule has 2 aromatic carbocycles. The van der Waals surface area contributed by atoms with E-state index in [2.05, 4.69) is 33.4 Å². The van der Waals surface area contributed by atoms with Crippen LogP contribution in [0.1, 0.15) is 35.6 Å². The summed E-state index contributed by atoms with van der Waals surface area (Å²) in [6, 6.07) is 14.1. The maximum Gasteiger partial charge on any atom is 0.316 e. The summed E-state index contributed by atoms with van der Waals surface area (Å²) in [5, 5.41) is 2.99. The van der Waals surface area contributed by atoms with Gasteiger partial charge in [0, 0.05) is 9.37 Å². The molecule has 3 rings (SSSR count). The van der Waals surface area contributed by atoms with Gasteiger partial charge in [-0.3, -0.25) is 9.59 Å². The number of benzene rings is 2. The van der Waals surface area contributed by atoms with E-state index in [1.54, 1.807) is 0 Å². The van der Waals surface area contributed by atoms with Crippen LogP contribution in [0, 0.1) is 6.92 Å². The van der Waals surface area contributed by atoms with E-state index in [1.165, 1.54) is 22.9 Å². The number of thioether (sulfide) groups is 1. The molecule has 1 aliphatic carbocycles. The van der Waals surface area contributed by atoms with E-state index < -0.39 is 0 Å². The fourth-order valence-corrected chi connectivity index (χ4v) is 4.52. The number of carbonyl (C=O) groups excluding carboxylic acids is 2. The molecular formula is C21H22BrNO3S. The lowest BCUT2D eigenvalue weighted by atomic mass is 9.88. The fourth-order valence-electron chi connectivity index (χ4n) is 3.24. The molecule has 6 heteroatoms. The van der Waals surface area contributed by atoms with Crippen LogP contribution in [0.4, 0.5) is 0 Å². The average Bonchev–Trinajstić information content (AvgIpc) is 2.66. The molecule has 0 bridgehead atoms. The number of carbonyl (C=O) groups is 2. The highest BCUT2D eigenvalue weighted by Crippen LogP contribution is 2.29. The fraction of sp³-hybridized carbons (Fsp3) is 0.333. The van der Waals surface area contributed by atoms with Crippen LogP contribution in [0.2, 0.25) is 0 Å². The highest BCUT2D eigenvalue weighted by atomic mass is 79.9. The Morgan fingerprint density at radius 2 is 2.07 bits per heavy atom. The molecule has 0 radical (unpaired) electrons. The van der Waals surface area contributed by atoms with Gasteiger partial charge in [0.25, 0.3) is 5.91 Å². The first kappa shape index (κ1) is 20.0. The van der Waals surface area contributed by atoms with E-state index in [4.69, 9.17) is 4.74 Å². The molecule has 1 N–H and O–H groups in total. The molecule has 0 saturated carbocycles. The van der Waals surface area contributed by atoms with E-state index in [0.29, 0.717) is 0 Å². The van der Waals surface area contributed by atoms with Crippen molar-refractivity contribution in [2.24, 2.45) is 0 Å². The summed E-state index contributed by atoms with van der Waals surface area (Å²) in [5.41, 5.74) is 3.55. The van der Waals surface area contributed by atoms with Crippen LogP contribution in [-0.4, -0.2) is 24.2 Å². The zero-order chi connectivity index (χ0) is 19.2. The van der Waals surface area contributed by atoms with Gasteiger partial charge in [-0.2, -0.15) is 0 Å². The highest BCUT2D eigenvalue weighted by Gasteiger charge is 2.21. The van der Waals surface area contributed by atoms with Gasteiger partial charge in [0.1, 0.15) is 0 Å². The zero-order valence-electron chi connectivity index (χ0n) is 15.2. The molecule has 0 aromatic heterocycles. The quantitative estimate of drug-likeness (QED) is 0.519. The van der Waals surface area contributed by atoms with Gasteiger partial charge in [0.05, 0.1) is 11.8 Å². The van der Waals surface area contributed by atoms with Crippen molar-refractivity contribution in [3.8, 4) is 0 Å². The maximum absolute atomic E-state index is 12.2. The van der Waals surface area contributed by atoms with Crippen LogP contribution in [0.3, 0.4) is 0 Å². The number of hydrogen-bond acceptors (Lipinski definition) is 4. The molecule has 0 saturated heterocycles. The van der Waals surface area contributed by atoms with Crippen LogP contribution >= 0.6 is 27.7 Å². The smallest absolute Gasteiger partial charge is 0.316 e. The lowest BCUT2D eigenvalue weighted by Crippen LogP contribution is -2.34. The number of ether oxygens (including phenoxy) is 1. The Morgan fingerprint density at radius 1 is 1.26 bits per heavy atom. The van der Waals surface area contributed by atoms with Crippen molar-refractivity contribution in [2.75, 3.05) is 12.4 Å². The maximum atomic E-state index is 12.2. The minimum absolute atomic E-state index is 0.000872. The van der Waals surface area contributed by atoms with Gasteiger partial charge in [-0.05, 0) is 61.1 Å². The standard InChI is InChI=1S/C21H22BrNO3S/c1-14-11-16(22)9-10-19(14)27-13-21(25)26-12-20(24)23-18-8-4-6-15-5-2-3-7-17(15)18/h2-3,5,7,9-11,18H,4,6,8,12-13H2,1H3,(H,23,24)/t18-/m0/s1. The topological polar surface area (TPSA) is 55.4 Å². The molecule has 1 atom stereocenters. The molecule has 4 nitrogen and oxygen atoms in total. The molecule has 0 heterocycles. The number of amides is 1. The molecule has 0 aliphatic heterocycles. The molecule has 0 spiro atoms. The number of aryl methyl sites for hydroxylation is 2. The summed E-state index contributed by atoms with van der Waals surface area (Å²) in [5.74, 6) is -0.460. The number of fused-ring (bicyclic) bond motifs is 1. The predicted octanol–water partition coefficient (Wildman–Crippen LogP) is 4.59. The minimum atomic E-state index is -0.387. The van der Waals surface area contributed by atoms with Crippen molar-refractivity contribution in [3.63, 3.8) is 0 Å². The second kappa shape index (κ2) is 9.42. The number of esters is 1. The van der Waals surface area contributed by atoms with Crippen LogP contribution in [-0.2, 0) is 20.7 Å². The predicted molar refractivity (Wildman–Crippen MR) is 111 cm³/mol. The highest BCUT2D eigenvalue weighted by molar-refractivity contribution is 9.10. The van der Waals surface area contributed by atoms with Gasteiger partial charge in [-0.15, -0.1) is 11.8 Å². The normalized spacial score (nSPS) is 15.7. The summed E-state index contributed by atoms with van der Waals surface area (Å²) >= 11 is 4.84.